The van der Waals surface area contributed by atoms with Crippen LogP contribution in [0.25, 0.3) is 31.9 Å². The molecule has 10 heteroatoms. The molecule has 0 atom stereocenters. The normalized spacial score (nSPS) is 13.0. The molecule has 36 heavy (non-hydrogen) atoms. The predicted molar refractivity (Wildman–Crippen MR) is 140 cm³/mol. The molecule has 6 rings (SSSR count). The summed E-state index contributed by atoms with van der Waals surface area (Å²) < 4.78 is 24.3. The first kappa shape index (κ1) is 22.4. The number of hydrogen-bond acceptors (Lipinski definition) is 8. The van der Waals surface area contributed by atoms with Crippen molar-refractivity contribution in [3.05, 3.63) is 84.1 Å². The number of halogens is 1. The highest BCUT2D eigenvalue weighted by molar-refractivity contribution is 8.00. The minimum Gasteiger partial charge on any atom is -0.480 e. The summed E-state index contributed by atoms with van der Waals surface area (Å²) in [4.78, 5) is 28.1. The Kier molecular flexibility index (Phi) is 5.74. The van der Waals surface area contributed by atoms with Crippen LogP contribution in [0, 0.1) is 5.82 Å². The van der Waals surface area contributed by atoms with E-state index in [1.54, 1.807) is 43.6 Å². The monoisotopic (exact) mass is 515 g/mol. The van der Waals surface area contributed by atoms with E-state index in [9.17, 15) is 9.18 Å². The topological polar surface area (TPSA) is 89.0 Å². The number of carbonyl (C=O) groups is 1. The lowest BCUT2D eigenvalue weighted by molar-refractivity contribution is 0.0950. The second-order valence-corrected chi connectivity index (χ2v) is 9.98. The molecule has 1 amide bonds. The third-order valence-electron chi connectivity index (χ3n) is 5.77. The standard InChI is InChI=1S/C26H18FN5O2S2/c1-34-26-21-9-17(12-29-26)22-10-20-24(35-22)23(31-13-30-20)14-5-6-19(27)16(7-14)11-28-25(33)15-3-2-4-18(8-15)36-32-21/h2-10,12-13,32H,11H2,1H3,(H,28,33). The summed E-state index contributed by atoms with van der Waals surface area (Å²) in [5.74, 6) is -0.233. The maximum absolute atomic E-state index is 14.7. The van der Waals surface area contributed by atoms with Crippen LogP contribution < -0.4 is 14.8 Å². The molecule has 7 nitrogen and oxygen atoms in total. The molecule has 0 aliphatic carbocycles. The van der Waals surface area contributed by atoms with Crippen LogP contribution in [0.1, 0.15) is 15.9 Å². The molecule has 0 fully saturated rings. The number of rotatable bonds is 1. The van der Waals surface area contributed by atoms with Gasteiger partial charge in [-0.05, 0) is 60.5 Å². The number of nitrogens with zero attached hydrogens (tertiary/aromatic N) is 3. The van der Waals surface area contributed by atoms with Crippen LogP contribution in [0.15, 0.2) is 72.0 Å². The Labute approximate surface area is 213 Å². The Balaban J connectivity index is 1.54. The number of carbonyl (C=O) groups excluding carboxylic acids is 1. The van der Waals surface area contributed by atoms with Crippen molar-refractivity contribution in [2.45, 2.75) is 11.4 Å². The number of aromatic nitrogens is 3. The minimum atomic E-state index is -0.393. The third kappa shape index (κ3) is 4.14. The number of nitrogens with one attached hydrogen (secondary N) is 2. The molecule has 3 aromatic heterocycles. The smallest absolute Gasteiger partial charge is 0.251 e. The first-order valence-electron chi connectivity index (χ1n) is 11.0. The van der Waals surface area contributed by atoms with Crippen LogP contribution >= 0.6 is 23.3 Å². The van der Waals surface area contributed by atoms with E-state index in [0.29, 0.717) is 28.4 Å². The van der Waals surface area contributed by atoms with Gasteiger partial charge in [-0.1, -0.05) is 6.07 Å². The van der Waals surface area contributed by atoms with Crippen LogP contribution in [-0.4, -0.2) is 28.0 Å². The number of thiophene rings is 1. The van der Waals surface area contributed by atoms with Crippen LogP contribution in [0.5, 0.6) is 5.88 Å². The molecule has 5 aromatic rings. The Bertz CT molecular complexity index is 1640. The molecule has 1 aliphatic heterocycles. The van der Waals surface area contributed by atoms with Gasteiger partial charge < -0.3 is 14.8 Å². The van der Waals surface area contributed by atoms with Gasteiger partial charge in [0.05, 0.1) is 23.0 Å². The maximum Gasteiger partial charge on any atom is 0.251 e. The fraction of sp³-hybridized carbons (Fsp3) is 0.0769. The van der Waals surface area contributed by atoms with E-state index in [4.69, 9.17) is 4.74 Å². The Morgan fingerprint density at radius 3 is 2.81 bits per heavy atom. The van der Waals surface area contributed by atoms with Gasteiger partial charge in [-0.25, -0.2) is 19.3 Å². The van der Waals surface area contributed by atoms with E-state index < -0.39 is 5.82 Å². The fourth-order valence-corrected chi connectivity index (χ4v) is 5.78. The Morgan fingerprint density at radius 1 is 1.00 bits per heavy atom. The van der Waals surface area contributed by atoms with E-state index in [2.05, 4.69) is 25.0 Å². The van der Waals surface area contributed by atoms with Gasteiger partial charge in [0.25, 0.3) is 5.91 Å². The van der Waals surface area contributed by atoms with E-state index in [1.807, 2.05) is 18.2 Å². The number of hydrogen-bond donors (Lipinski definition) is 2. The molecular weight excluding hydrogens is 497 g/mol. The van der Waals surface area contributed by atoms with Crippen LogP contribution in [0.3, 0.4) is 0 Å². The molecule has 2 N–H and O–H groups in total. The Hall–Kier alpha value is -4.02. The SMILES string of the molecule is COc1ncc2cc1NSc1cccc(c1)C(=O)NCc1cc(ccc1F)-c1ncnc3cc-2sc13. The highest BCUT2D eigenvalue weighted by atomic mass is 32.2. The van der Waals surface area contributed by atoms with Crippen LogP contribution in [0.4, 0.5) is 10.1 Å². The lowest BCUT2D eigenvalue weighted by Crippen LogP contribution is -2.23. The highest BCUT2D eigenvalue weighted by Crippen LogP contribution is 2.39. The number of anilines is 1. The van der Waals surface area contributed by atoms with E-state index in [-0.39, 0.29) is 12.5 Å². The van der Waals surface area contributed by atoms with Gasteiger partial charge in [0.15, 0.2) is 0 Å². The summed E-state index contributed by atoms with van der Waals surface area (Å²) in [5, 5.41) is 2.82. The summed E-state index contributed by atoms with van der Waals surface area (Å²) in [6.45, 7) is 0.0471. The largest absolute Gasteiger partial charge is 0.480 e. The van der Waals surface area contributed by atoms with Crippen LogP contribution in [-0.2, 0) is 6.54 Å². The molecule has 0 radical (unpaired) electrons. The highest BCUT2D eigenvalue weighted by Gasteiger charge is 2.17. The molecule has 4 heterocycles. The van der Waals surface area contributed by atoms with Crippen molar-refractivity contribution in [1.82, 2.24) is 20.3 Å². The van der Waals surface area contributed by atoms with E-state index >= 15 is 0 Å². The zero-order valence-electron chi connectivity index (χ0n) is 18.9. The lowest BCUT2D eigenvalue weighted by atomic mass is 10.1. The van der Waals surface area contributed by atoms with Gasteiger partial charge in [0.2, 0.25) is 5.88 Å². The summed E-state index contributed by atoms with van der Waals surface area (Å²) in [7, 11) is 1.57. The van der Waals surface area contributed by atoms with Gasteiger partial charge in [-0.2, -0.15) is 0 Å². The van der Waals surface area contributed by atoms with Gasteiger partial charge in [-0.3, -0.25) is 4.79 Å². The Morgan fingerprint density at radius 2 is 1.92 bits per heavy atom. The second kappa shape index (κ2) is 9.21. The first-order valence-corrected chi connectivity index (χ1v) is 12.6. The van der Waals surface area contributed by atoms with Gasteiger partial charge in [-0.15, -0.1) is 11.3 Å². The number of methoxy groups -OCH3 is 1. The molecule has 178 valence electrons. The maximum atomic E-state index is 14.7. The van der Waals surface area contributed by atoms with Crippen molar-refractivity contribution < 1.29 is 13.9 Å². The zero-order chi connectivity index (χ0) is 24.6. The summed E-state index contributed by atoms with van der Waals surface area (Å²) >= 11 is 2.88. The second-order valence-electron chi connectivity index (χ2n) is 8.05. The lowest BCUT2D eigenvalue weighted by Gasteiger charge is -2.12. The van der Waals surface area contributed by atoms with E-state index in [1.165, 1.54) is 35.7 Å². The molecule has 0 unspecified atom stereocenters. The zero-order valence-corrected chi connectivity index (χ0v) is 20.5. The van der Waals surface area contributed by atoms with Crippen molar-refractivity contribution >= 4 is 45.1 Å². The first-order chi connectivity index (χ1) is 17.6. The fourth-order valence-electron chi connectivity index (χ4n) is 3.97. The van der Waals surface area contributed by atoms with Crippen molar-refractivity contribution in [1.29, 1.82) is 0 Å². The number of benzene rings is 2. The molecule has 0 saturated carbocycles. The summed E-state index contributed by atoms with van der Waals surface area (Å²) in [5.41, 5.74) is 4.67. The van der Waals surface area contributed by atoms with E-state index in [0.717, 1.165) is 31.1 Å². The number of ether oxygens (including phenoxy) is 1. The van der Waals surface area contributed by atoms with Crippen molar-refractivity contribution in [2.75, 3.05) is 11.8 Å². The molecule has 2 aromatic carbocycles. The molecular formula is C26H18FN5O2S2. The van der Waals surface area contributed by atoms with Gasteiger partial charge in [0, 0.05) is 44.8 Å². The predicted octanol–water partition coefficient (Wildman–Crippen LogP) is 5.93. The molecule has 1 aliphatic rings. The van der Waals surface area contributed by atoms with Gasteiger partial charge in [0.1, 0.15) is 17.8 Å². The number of fused-ring (bicyclic) bond motifs is 9. The average molecular weight is 516 g/mol. The summed E-state index contributed by atoms with van der Waals surface area (Å²) in [6.07, 6.45) is 3.26. The number of pyridine rings is 1. The van der Waals surface area contributed by atoms with Gasteiger partial charge >= 0.3 is 0 Å². The van der Waals surface area contributed by atoms with Crippen molar-refractivity contribution in [3.8, 4) is 27.6 Å². The average Bonchev–Trinajstić information content (AvgIpc) is 3.35. The quantitative estimate of drug-likeness (QED) is 0.268. The summed E-state index contributed by atoms with van der Waals surface area (Å²) in [6, 6.07) is 16.0. The van der Waals surface area contributed by atoms with Crippen LogP contribution in [0.2, 0.25) is 0 Å². The van der Waals surface area contributed by atoms with Crippen molar-refractivity contribution in [2.24, 2.45) is 0 Å². The number of amides is 1. The third-order valence-corrected chi connectivity index (χ3v) is 7.77. The minimum absolute atomic E-state index is 0.0471. The van der Waals surface area contributed by atoms with Crippen molar-refractivity contribution in [3.63, 3.8) is 0 Å². The molecule has 0 spiro atoms. The molecule has 8 bridgehead atoms. The molecule has 0 saturated heterocycles.